The Morgan fingerprint density at radius 1 is 0.444 bits per heavy atom. The number of hydrogen-bond donors (Lipinski definition) is 4. The van der Waals surface area contributed by atoms with Crippen molar-refractivity contribution in [3.05, 3.63) is 131 Å². The van der Waals surface area contributed by atoms with Gasteiger partial charge < -0.3 is 25.2 Å². The van der Waals surface area contributed by atoms with Gasteiger partial charge in [-0.3, -0.25) is 0 Å². The first-order valence-electron chi connectivity index (χ1n) is 13.6. The van der Waals surface area contributed by atoms with Gasteiger partial charge in [0.2, 0.25) is 0 Å². The van der Waals surface area contributed by atoms with Gasteiger partial charge >= 0.3 is 23.9 Å². The second-order valence-corrected chi connectivity index (χ2v) is 10.2. The standard InChI is InChI=1S/C36H22O9/c37-33(38)21-13-9-19(10-14-21)27-17-23-5-1-3-7-25(23)31(29(27)35(41)42)45-32-26-8-4-2-6-24(26)18-28(30(32)36(43)44)20-11-15-22(16-12-20)34(39)40/h1-18H,(H,37,38)(H,39,40)(H,41,42)(H,43,44). The van der Waals surface area contributed by atoms with Gasteiger partial charge in [-0.1, -0.05) is 72.8 Å². The molecule has 0 atom stereocenters. The minimum Gasteiger partial charge on any atom is -0.478 e. The van der Waals surface area contributed by atoms with Crippen LogP contribution in [0.1, 0.15) is 41.4 Å². The summed E-state index contributed by atoms with van der Waals surface area (Å²) in [6.45, 7) is 0. The highest BCUT2D eigenvalue weighted by molar-refractivity contribution is 6.10. The minimum absolute atomic E-state index is 0.0265. The van der Waals surface area contributed by atoms with Crippen LogP contribution < -0.4 is 4.74 Å². The molecule has 6 aromatic rings. The van der Waals surface area contributed by atoms with E-state index < -0.39 is 23.9 Å². The highest BCUT2D eigenvalue weighted by Gasteiger charge is 2.27. The van der Waals surface area contributed by atoms with E-state index in [2.05, 4.69) is 0 Å². The minimum atomic E-state index is -1.34. The fourth-order valence-electron chi connectivity index (χ4n) is 5.41. The Morgan fingerprint density at radius 2 is 0.800 bits per heavy atom. The summed E-state index contributed by atoms with van der Waals surface area (Å²) in [7, 11) is 0. The summed E-state index contributed by atoms with van der Waals surface area (Å²) in [6.07, 6.45) is 0. The third-order valence-corrected chi connectivity index (χ3v) is 7.52. The molecule has 0 unspecified atom stereocenters. The Hall–Kier alpha value is -6.48. The van der Waals surface area contributed by atoms with Gasteiger partial charge in [0.25, 0.3) is 0 Å². The molecule has 9 heteroatoms. The number of carboxylic acid groups (broad SMARTS) is 4. The number of benzene rings is 6. The van der Waals surface area contributed by atoms with E-state index in [1.807, 2.05) is 0 Å². The van der Waals surface area contributed by atoms with Crippen molar-refractivity contribution >= 4 is 45.4 Å². The van der Waals surface area contributed by atoms with Crippen LogP contribution in [0.25, 0.3) is 43.8 Å². The first-order chi connectivity index (χ1) is 21.6. The van der Waals surface area contributed by atoms with Gasteiger partial charge in [-0.25, -0.2) is 19.2 Å². The van der Waals surface area contributed by atoms with Crippen LogP contribution in [0.2, 0.25) is 0 Å². The van der Waals surface area contributed by atoms with Gasteiger partial charge in [-0.05, 0) is 58.3 Å². The van der Waals surface area contributed by atoms with E-state index in [-0.39, 0.29) is 44.9 Å². The van der Waals surface area contributed by atoms with Gasteiger partial charge in [0.15, 0.2) is 0 Å². The smallest absolute Gasteiger partial charge is 0.340 e. The highest BCUT2D eigenvalue weighted by atomic mass is 16.5. The van der Waals surface area contributed by atoms with Gasteiger partial charge in [0, 0.05) is 21.9 Å². The maximum absolute atomic E-state index is 12.9. The van der Waals surface area contributed by atoms with Crippen LogP contribution in [0.15, 0.2) is 109 Å². The predicted octanol–water partition coefficient (Wildman–Crippen LogP) is 7.91. The van der Waals surface area contributed by atoms with Crippen LogP contribution in [-0.2, 0) is 0 Å². The lowest BCUT2D eigenvalue weighted by molar-refractivity contribution is 0.0682. The second kappa shape index (κ2) is 11.3. The molecule has 0 saturated carbocycles. The molecule has 0 saturated heterocycles. The number of fused-ring (bicyclic) bond motifs is 2. The van der Waals surface area contributed by atoms with Crippen molar-refractivity contribution in [3.63, 3.8) is 0 Å². The number of rotatable bonds is 8. The van der Waals surface area contributed by atoms with E-state index >= 15 is 0 Å². The van der Waals surface area contributed by atoms with Crippen LogP contribution in [0.5, 0.6) is 11.5 Å². The first kappa shape index (κ1) is 28.6. The van der Waals surface area contributed by atoms with E-state index in [1.54, 1.807) is 60.7 Å². The summed E-state index contributed by atoms with van der Waals surface area (Å²) in [4.78, 5) is 48.8. The Balaban J connectivity index is 1.66. The molecular formula is C36H22O9. The van der Waals surface area contributed by atoms with Gasteiger partial charge in [-0.2, -0.15) is 0 Å². The Bertz CT molecular complexity index is 2020. The zero-order chi connectivity index (χ0) is 31.8. The number of ether oxygens (including phenoxy) is 1. The second-order valence-electron chi connectivity index (χ2n) is 10.2. The molecule has 0 aliphatic rings. The lowest BCUT2D eigenvalue weighted by Crippen LogP contribution is -2.08. The molecule has 0 heterocycles. The van der Waals surface area contributed by atoms with Crippen molar-refractivity contribution in [2.75, 3.05) is 0 Å². The van der Waals surface area contributed by atoms with E-state index in [1.165, 1.54) is 48.5 Å². The van der Waals surface area contributed by atoms with Crippen LogP contribution >= 0.6 is 0 Å². The Morgan fingerprint density at radius 3 is 1.13 bits per heavy atom. The Labute approximate surface area is 254 Å². The van der Waals surface area contributed by atoms with Crippen molar-refractivity contribution in [3.8, 4) is 33.8 Å². The third-order valence-electron chi connectivity index (χ3n) is 7.52. The van der Waals surface area contributed by atoms with Gasteiger partial charge in [-0.15, -0.1) is 0 Å². The third kappa shape index (κ3) is 5.19. The Kier molecular flexibility index (Phi) is 7.20. The quantitative estimate of drug-likeness (QED) is 0.137. The fraction of sp³-hybridized carbons (Fsp3) is 0. The van der Waals surface area contributed by atoms with E-state index in [9.17, 15) is 39.6 Å². The number of carbonyl (C=O) groups is 4. The molecule has 0 amide bonds. The molecule has 0 spiro atoms. The van der Waals surface area contributed by atoms with Crippen molar-refractivity contribution in [1.29, 1.82) is 0 Å². The maximum atomic E-state index is 12.9. The normalized spacial score (nSPS) is 10.9. The molecule has 0 aromatic heterocycles. The molecule has 0 fully saturated rings. The molecule has 0 radical (unpaired) electrons. The van der Waals surface area contributed by atoms with Crippen LogP contribution in [-0.4, -0.2) is 44.3 Å². The summed E-state index contributed by atoms with van der Waals surface area (Å²) >= 11 is 0. The average Bonchev–Trinajstić information content (AvgIpc) is 3.04. The maximum Gasteiger partial charge on any atom is 0.340 e. The zero-order valence-electron chi connectivity index (χ0n) is 23.2. The van der Waals surface area contributed by atoms with E-state index in [0.717, 1.165) is 0 Å². The molecule has 6 rings (SSSR count). The van der Waals surface area contributed by atoms with Crippen molar-refractivity contribution in [2.45, 2.75) is 0 Å². The summed E-state index contributed by atoms with van der Waals surface area (Å²) in [6, 6.07) is 28.6. The van der Waals surface area contributed by atoms with Crippen LogP contribution in [0.3, 0.4) is 0 Å². The van der Waals surface area contributed by atoms with Crippen LogP contribution in [0, 0.1) is 0 Å². The molecule has 4 N–H and O–H groups in total. The first-order valence-corrected chi connectivity index (χ1v) is 13.6. The molecule has 0 aliphatic heterocycles. The molecule has 6 aromatic carbocycles. The largest absolute Gasteiger partial charge is 0.478 e. The molecule has 0 bridgehead atoms. The molecule has 220 valence electrons. The van der Waals surface area contributed by atoms with Crippen molar-refractivity contribution in [1.82, 2.24) is 0 Å². The summed E-state index contributed by atoms with van der Waals surface area (Å²) < 4.78 is 6.49. The number of aromatic carboxylic acids is 4. The molecule has 45 heavy (non-hydrogen) atoms. The number of hydrogen-bond acceptors (Lipinski definition) is 5. The molecule has 0 aliphatic carbocycles. The SMILES string of the molecule is O=C(O)c1ccc(-c2cc3ccccc3c(Oc3c(C(=O)O)c(-c4ccc(C(=O)O)cc4)cc4ccccc34)c2C(=O)O)cc1. The van der Waals surface area contributed by atoms with Crippen molar-refractivity contribution in [2.24, 2.45) is 0 Å². The van der Waals surface area contributed by atoms with Crippen molar-refractivity contribution < 1.29 is 44.3 Å². The average molecular weight is 599 g/mol. The fourth-order valence-corrected chi connectivity index (χ4v) is 5.41. The lowest BCUT2D eigenvalue weighted by Gasteiger charge is -2.20. The summed E-state index contributed by atoms with van der Waals surface area (Å²) in [5, 5.41) is 41.8. The van der Waals surface area contributed by atoms with E-state index in [4.69, 9.17) is 4.74 Å². The zero-order valence-corrected chi connectivity index (χ0v) is 23.2. The summed E-state index contributed by atoms with van der Waals surface area (Å²) in [5.41, 5.74) is 0.899. The monoisotopic (exact) mass is 598 g/mol. The van der Waals surface area contributed by atoms with E-state index in [0.29, 0.717) is 32.7 Å². The highest BCUT2D eigenvalue weighted by Crippen LogP contribution is 2.45. The van der Waals surface area contributed by atoms with Gasteiger partial charge in [0.05, 0.1) is 11.1 Å². The molecular weight excluding hydrogens is 576 g/mol. The van der Waals surface area contributed by atoms with Crippen LogP contribution in [0.4, 0.5) is 0 Å². The topological polar surface area (TPSA) is 158 Å². The predicted molar refractivity (Wildman–Crippen MR) is 167 cm³/mol. The number of carboxylic acids is 4. The summed E-state index contributed by atoms with van der Waals surface area (Å²) in [5.74, 6) is -5.13. The van der Waals surface area contributed by atoms with Gasteiger partial charge in [0.1, 0.15) is 22.6 Å². The molecule has 9 nitrogen and oxygen atoms in total. The lowest BCUT2D eigenvalue weighted by atomic mass is 9.92.